The average molecular weight is 325 g/mol. The number of aliphatic hydroxyl groups is 1. The molecule has 2 rings (SSSR count). The summed E-state index contributed by atoms with van der Waals surface area (Å²) < 4.78 is 5.60. The summed E-state index contributed by atoms with van der Waals surface area (Å²) in [5, 5.41) is 11.3. The van der Waals surface area contributed by atoms with Gasteiger partial charge in [0.15, 0.2) is 0 Å². The molecule has 2 aromatic carbocycles. The van der Waals surface area contributed by atoms with Gasteiger partial charge in [0.2, 0.25) is 0 Å². The van der Waals surface area contributed by atoms with E-state index in [4.69, 9.17) is 27.9 Å². The van der Waals surface area contributed by atoms with Gasteiger partial charge in [0.25, 0.3) is 0 Å². The van der Waals surface area contributed by atoms with Crippen molar-refractivity contribution in [1.82, 2.24) is 0 Å². The van der Waals surface area contributed by atoms with Crippen molar-refractivity contribution in [3.8, 4) is 5.75 Å². The molecular weight excluding hydrogens is 307 g/mol. The first-order valence-electron chi connectivity index (χ1n) is 6.97. The maximum atomic E-state index is 10.4. The van der Waals surface area contributed by atoms with E-state index in [2.05, 4.69) is 6.92 Å². The Labute approximate surface area is 135 Å². The first kappa shape index (κ1) is 16.2. The second kappa shape index (κ2) is 7.69. The van der Waals surface area contributed by atoms with Crippen LogP contribution in [0.1, 0.15) is 37.0 Å². The smallest absolute Gasteiger partial charge is 0.119 e. The summed E-state index contributed by atoms with van der Waals surface area (Å²) >= 11 is 11.9. The molecular formula is C17H18Cl2O2. The van der Waals surface area contributed by atoms with Gasteiger partial charge in [-0.15, -0.1) is 0 Å². The molecule has 0 aromatic heterocycles. The number of hydrogen-bond donors (Lipinski definition) is 1. The molecule has 2 nitrogen and oxygen atoms in total. The summed E-state index contributed by atoms with van der Waals surface area (Å²) in [6, 6.07) is 12.6. The monoisotopic (exact) mass is 324 g/mol. The minimum absolute atomic E-state index is 0.438. The van der Waals surface area contributed by atoms with E-state index in [0.717, 1.165) is 24.2 Å². The number of hydrogen-bond acceptors (Lipinski definition) is 2. The van der Waals surface area contributed by atoms with Crippen molar-refractivity contribution >= 4 is 23.2 Å². The standard InChI is InChI=1S/C17H18Cl2O2/c1-2-3-10-21-14-7-4-12(5-8-14)17(20)13-6-9-15(18)16(19)11-13/h4-9,11,17,20H,2-3,10H2,1H3. The van der Waals surface area contributed by atoms with Crippen LogP contribution in [0.5, 0.6) is 5.75 Å². The lowest BCUT2D eigenvalue weighted by molar-refractivity contribution is 0.220. The molecule has 0 heterocycles. The van der Waals surface area contributed by atoms with Gasteiger partial charge in [-0.1, -0.05) is 54.7 Å². The Balaban J connectivity index is 2.08. The Morgan fingerprint density at radius 3 is 2.29 bits per heavy atom. The summed E-state index contributed by atoms with van der Waals surface area (Å²) in [5.41, 5.74) is 1.50. The summed E-state index contributed by atoms with van der Waals surface area (Å²) in [4.78, 5) is 0. The third kappa shape index (κ3) is 4.37. The third-order valence-corrected chi connectivity index (χ3v) is 3.96. The highest BCUT2D eigenvalue weighted by Gasteiger charge is 2.12. The molecule has 0 aliphatic rings. The topological polar surface area (TPSA) is 29.5 Å². The van der Waals surface area contributed by atoms with Crippen molar-refractivity contribution < 1.29 is 9.84 Å². The zero-order valence-electron chi connectivity index (χ0n) is 11.9. The number of halogens is 2. The van der Waals surface area contributed by atoms with Crippen LogP contribution in [0.25, 0.3) is 0 Å². The van der Waals surface area contributed by atoms with Crippen LogP contribution in [0.2, 0.25) is 10.0 Å². The molecule has 0 amide bonds. The lowest BCUT2D eigenvalue weighted by Crippen LogP contribution is -2.00. The molecule has 0 fully saturated rings. The van der Waals surface area contributed by atoms with Gasteiger partial charge < -0.3 is 9.84 Å². The largest absolute Gasteiger partial charge is 0.494 e. The van der Waals surface area contributed by atoms with E-state index in [9.17, 15) is 5.11 Å². The van der Waals surface area contributed by atoms with Crippen molar-refractivity contribution in [3.63, 3.8) is 0 Å². The van der Waals surface area contributed by atoms with Gasteiger partial charge in [-0.25, -0.2) is 0 Å². The Morgan fingerprint density at radius 2 is 1.67 bits per heavy atom. The molecule has 4 heteroatoms. The molecule has 0 aliphatic heterocycles. The summed E-state index contributed by atoms with van der Waals surface area (Å²) in [5.74, 6) is 0.813. The van der Waals surface area contributed by atoms with Gasteiger partial charge in [0.05, 0.1) is 16.7 Å². The van der Waals surface area contributed by atoms with Crippen molar-refractivity contribution in [2.45, 2.75) is 25.9 Å². The molecule has 1 N–H and O–H groups in total. The molecule has 0 saturated heterocycles. The van der Waals surface area contributed by atoms with E-state index in [1.54, 1.807) is 18.2 Å². The predicted molar refractivity (Wildman–Crippen MR) is 87.4 cm³/mol. The molecule has 1 atom stereocenters. The fourth-order valence-electron chi connectivity index (χ4n) is 1.96. The van der Waals surface area contributed by atoms with E-state index in [1.165, 1.54) is 0 Å². The van der Waals surface area contributed by atoms with Crippen LogP contribution in [-0.4, -0.2) is 11.7 Å². The molecule has 0 aliphatic carbocycles. The minimum atomic E-state index is -0.732. The number of benzene rings is 2. The van der Waals surface area contributed by atoms with Crippen LogP contribution in [0.3, 0.4) is 0 Å². The fraction of sp³-hybridized carbons (Fsp3) is 0.294. The van der Waals surface area contributed by atoms with Gasteiger partial charge in [0.1, 0.15) is 11.9 Å². The fourth-order valence-corrected chi connectivity index (χ4v) is 2.26. The molecule has 0 saturated carbocycles. The molecule has 112 valence electrons. The van der Waals surface area contributed by atoms with Gasteiger partial charge in [0, 0.05) is 0 Å². The second-order valence-corrected chi connectivity index (χ2v) is 5.66. The lowest BCUT2D eigenvalue weighted by Gasteiger charge is -2.13. The quantitative estimate of drug-likeness (QED) is 0.735. The normalized spacial score (nSPS) is 12.2. The minimum Gasteiger partial charge on any atom is -0.494 e. The molecule has 0 spiro atoms. The number of unbranched alkanes of at least 4 members (excludes halogenated alkanes) is 1. The van der Waals surface area contributed by atoms with Crippen molar-refractivity contribution in [2.24, 2.45) is 0 Å². The van der Waals surface area contributed by atoms with Crippen LogP contribution in [-0.2, 0) is 0 Å². The van der Waals surface area contributed by atoms with Crippen LogP contribution < -0.4 is 4.74 Å². The second-order valence-electron chi connectivity index (χ2n) is 4.85. The SMILES string of the molecule is CCCCOc1ccc(C(O)c2ccc(Cl)c(Cl)c2)cc1. The number of rotatable bonds is 6. The average Bonchev–Trinajstić information content (AvgIpc) is 2.50. The van der Waals surface area contributed by atoms with Crippen molar-refractivity contribution in [1.29, 1.82) is 0 Å². The molecule has 2 aromatic rings. The number of ether oxygens (including phenoxy) is 1. The van der Waals surface area contributed by atoms with E-state index >= 15 is 0 Å². The highest BCUT2D eigenvalue weighted by atomic mass is 35.5. The highest BCUT2D eigenvalue weighted by Crippen LogP contribution is 2.29. The Kier molecular flexibility index (Phi) is 5.92. The molecule has 1 unspecified atom stereocenters. The zero-order chi connectivity index (χ0) is 15.2. The van der Waals surface area contributed by atoms with Gasteiger partial charge >= 0.3 is 0 Å². The molecule has 0 bridgehead atoms. The van der Waals surface area contributed by atoms with E-state index < -0.39 is 6.10 Å². The summed E-state index contributed by atoms with van der Waals surface area (Å²) in [7, 11) is 0. The van der Waals surface area contributed by atoms with Gasteiger partial charge in [-0.3, -0.25) is 0 Å². The lowest BCUT2D eigenvalue weighted by atomic mass is 10.0. The third-order valence-electron chi connectivity index (χ3n) is 3.22. The van der Waals surface area contributed by atoms with Crippen molar-refractivity contribution in [3.05, 3.63) is 63.6 Å². The number of aliphatic hydroxyl groups excluding tert-OH is 1. The van der Waals surface area contributed by atoms with Crippen LogP contribution in [0.15, 0.2) is 42.5 Å². The van der Waals surface area contributed by atoms with Crippen LogP contribution in [0, 0.1) is 0 Å². The Hall–Kier alpha value is -1.22. The van der Waals surface area contributed by atoms with Crippen molar-refractivity contribution in [2.75, 3.05) is 6.61 Å². The first-order chi connectivity index (χ1) is 10.1. The van der Waals surface area contributed by atoms with Gasteiger partial charge in [-0.2, -0.15) is 0 Å². The molecule has 21 heavy (non-hydrogen) atoms. The molecule has 0 radical (unpaired) electrons. The maximum absolute atomic E-state index is 10.4. The summed E-state index contributed by atoms with van der Waals surface area (Å²) in [6.07, 6.45) is 1.41. The first-order valence-corrected chi connectivity index (χ1v) is 7.73. The zero-order valence-corrected chi connectivity index (χ0v) is 13.4. The van der Waals surface area contributed by atoms with Crippen LogP contribution in [0.4, 0.5) is 0 Å². The Bertz CT molecular complexity index is 582. The van der Waals surface area contributed by atoms with Crippen LogP contribution >= 0.6 is 23.2 Å². The Morgan fingerprint density at radius 1 is 1.00 bits per heavy atom. The van der Waals surface area contributed by atoms with Gasteiger partial charge in [-0.05, 0) is 41.8 Å². The highest BCUT2D eigenvalue weighted by molar-refractivity contribution is 6.42. The maximum Gasteiger partial charge on any atom is 0.119 e. The van der Waals surface area contributed by atoms with E-state index in [0.29, 0.717) is 22.2 Å². The summed E-state index contributed by atoms with van der Waals surface area (Å²) in [6.45, 7) is 2.84. The predicted octanol–water partition coefficient (Wildman–Crippen LogP) is 5.25. The van der Waals surface area contributed by atoms with E-state index in [-0.39, 0.29) is 0 Å². The van der Waals surface area contributed by atoms with E-state index in [1.807, 2.05) is 24.3 Å².